The van der Waals surface area contributed by atoms with Gasteiger partial charge in [-0.05, 0) is 20.3 Å². The Bertz CT molecular complexity index is 158. The second kappa shape index (κ2) is 11.5. The van der Waals surface area contributed by atoms with E-state index in [-0.39, 0.29) is 0 Å². The lowest BCUT2D eigenvalue weighted by molar-refractivity contribution is 0.119. The second-order valence-electron chi connectivity index (χ2n) is 3.85. The highest BCUT2D eigenvalue weighted by Crippen LogP contribution is 2.04. The third-order valence-electron chi connectivity index (χ3n) is 2.33. The average molecular weight is 210 g/mol. The van der Waals surface area contributed by atoms with Gasteiger partial charge in [0.2, 0.25) is 0 Å². The second-order valence-corrected chi connectivity index (χ2v) is 3.85. The molecule has 0 aliphatic rings. The molecule has 0 saturated carbocycles. The summed E-state index contributed by atoms with van der Waals surface area (Å²) in [4.78, 5) is 0. The molecule has 0 aliphatic carbocycles. The molecule has 0 aliphatic heterocycles. The van der Waals surface area contributed by atoms with Gasteiger partial charge in [0, 0.05) is 12.5 Å². The molecule has 1 nitrogen and oxygen atoms in total. The summed E-state index contributed by atoms with van der Waals surface area (Å²) in [5.74, 6) is 0.450. The molecule has 1 heteroatoms. The van der Waals surface area contributed by atoms with Crippen molar-refractivity contribution in [3.8, 4) is 0 Å². The minimum absolute atomic E-state index is 0.450. The molecule has 0 rings (SSSR count). The summed E-state index contributed by atoms with van der Waals surface area (Å²) in [6, 6.07) is 0. The van der Waals surface area contributed by atoms with Crippen LogP contribution in [-0.2, 0) is 4.74 Å². The van der Waals surface area contributed by atoms with E-state index in [1.165, 1.54) is 25.7 Å². The molecule has 0 aromatic rings. The molecule has 0 amide bonds. The lowest BCUT2D eigenvalue weighted by Gasteiger charge is -2.08. The van der Waals surface area contributed by atoms with Gasteiger partial charge >= 0.3 is 0 Å². The summed E-state index contributed by atoms with van der Waals surface area (Å²) in [6.45, 7) is 8.07. The highest BCUT2D eigenvalue weighted by Gasteiger charge is 1.98. The predicted octanol–water partition coefficient (Wildman–Crippen LogP) is 4.35. The molecule has 0 unspecified atom stereocenters. The van der Waals surface area contributed by atoms with Crippen LogP contribution in [0.2, 0.25) is 0 Å². The number of hydrogen-bond acceptors (Lipinski definition) is 1. The summed E-state index contributed by atoms with van der Waals surface area (Å²) in [5, 5.41) is 0. The Hall–Kier alpha value is -0.560. The number of ether oxygens (including phenoxy) is 1. The topological polar surface area (TPSA) is 9.23 Å². The quantitative estimate of drug-likeness (QED) is 0.406. The lowest BCUT2D eigenvalue weighted by Crippen LogP contribution is -2.05. The van der Waals surface area contributed by atoms with E-state index in [0.29, 0.717) is 5.92 Å². The Morgan fingerprint density at radius 3 is 2.20 bits per heavy atom. The first-order valence-corrected chi connectivity index (χ1v) is 6.18. The van der Waals surface area contributed by atoms with Crippen molar-refractivity contribution in [2.75, 3.05) is 13.2 Å². The smallest absolute Gasteiger partial charge is 0.0563 e. The van der Waals surface area contributed by atoms with E-state index < -0.39 is 0 Å². The summed E-state index contributed by atoms with van der Waals surface area (Å²) in [5.41, 5.74) is 0. The van der Waals surface area contributed by atoms with E-state index in [1.807, 2.05) is 0 Å². The van der Waals surface area contributed by atoms with E-state index in [4.69, 9.17) is 4.74 Å². The molecule has 0 spiro atoms. The van der Waals surface area contributed by atoms with Crippen LogP contribution in [0.3, 0.4) is 0 Å². The van der Waals surface area contributed by atoms with Crippen LogP contribution in [0.25, 0.3) is 0 Å². The van der Waals surface area contributed by atoms with Crippen LogP contribution in [0, 0.1) is 5.92 Å². The first kappa shape index (κ1) is 14.4. The lowest BCUT2D eigenvalue weighted by atomic mass is 10.1. The summed E-state index contributed by atoms with van der Waals surface area (Å²) in [7, 11) is 0. The Kier molecular flexibility index (Phi) is 11.1. The van der Waals surface area contributed by atoms with Gasteiger partial charge in [0.1, 0.15) is 0 Å². The molecular formula is C14H26O. The van der Waals surface area contributed by atoms with Crippen molar-refractivity contribution in [2.24, 2.45) is 5.92 Å². The average Bonchev–Trinajstić information content (AvgIpc) is 2.24. The number of allylic oxidation sites excluding steroid dienone is 2. The van der Waals surface area contributed by atoms with Gasteiger partial charge in [-0.2, -0.15) is 0 Å². The summed E-state index contributed by atoms with van der Waals surface area (Å²) in [6.07, 6.45) is 13.7. The molecular weight excluding hydrogens is 184 g/mol. The Balaban J connectivity index is 3.45. The summed E-state index contributed by atoms with van der Waals surface area (Å²) >= 11 is 0. The molecule has 0 aromatic carbocycles. The summed E-state index contributed by atoms with van der Waals surface area (Å²) < 4.78 is 5.64. The third-order valence-corrected chi connectivity index (χ3v) is 2.33. The maximum atomic E-state index is 5.64. The first-order chi connectivity index (χ1) is 7.35. The number of hydrogen-bond donors (Lipinski definition) is 0. The van der Waals surface area contributed by atoms with Crippen LogP contribution >= 0.6 is 0 Å². The van der Waals surface area contributed by atoms with Gasteiger partial charge in [-0.3, -0.25) is 0 Å². The monoisotopic (exact) mass is 210 g/mol. The molecule has 0 radical (unpaired) electrons. The van der Waals surface area contributed by atoms with Crippen LogP contribution < -0.4 is 0 Å². The first-order valence-electron chi connectivity index (χ1n) is 6.18. The molecule has 0 saturated heterocycles. The van der Waals surface area contributed by atoms with E-state index in [0.717, 1.165) is 13.2 Å². The standard InChI is InChI=1S/C14H26O/c1-4-7-8-9-12-15-13-14(10-5-2)11-6-3/h5-6,10-11,14H,4,7-9,12-13H2,1-3H3. The zero-order valence-electron chi connectivity index (χ0n) is 10.5. The Labute approximate surface area is 95.2 Å². The van der Waals surface area contributed by atoms with Crippen molar-refractivity contribution < 1.29 is 4.74 Å². The van der Waals surface area contributed by atoms with Crippen LogP contribution in [0.4, 0.5) is 0 Å². The molecule has 0 bridgehead atoms. The molecule has 15 heavy (non-hydrogen) atoms. The van der Waals surface area contributed by atoms with Gasteiger partial charge in [-0.15, -0.1) is 0 Å². The van der Waals surface area contributed by atoms with Crippen LogP contribution in [-0.4, -0.2) is 13.2 Å². The Morgan fingerprint density at radius 2 is 1.67 bits per heavy atom. The molecule has 0 fully saturated rings. The van der Waals surface area contributed by atoms with Crippen molar-refractivity contribution in [3.05, 3.63) is 24.3 Å². The van der Waals surface area contributed by atoms with Crippen molar-refractivity contribution >= 4 is 0 Å². The third kappa shape index (κ3) is 9.74. The normalized spacial score (nSPS) is 14.1. The van der Waals surface area contributed by atoms with Gasteiger partial charge in [-0.25, -0.2) is 0 Å². The molecule has 0 aromatic heterocycles. The minimum atomic E-state index is 0.450. The van der Waals surface area contributed by atoms with Gasteiger partial charge < -0.3 is 4.74 Å². The highest BCUT2D eigenvalue weighted by atomic mass is 16.5. The fourth-order valence-electron chi connectivity index (χ4n) is 1.52. The number of unbranched alkanes of at least 4 members (excludes halogenated alkanes) is 3. The molecule has 0 N–H and O–H groups in total. The highest BCUT2D eigenvalue weighted by molar-refractivity contribution is 4.98. The predicted molar refractivity (Wildman–Crippen MR) is 68.1 cm³/mol. The van der Waals surface area contributed by atoms with E-state index in [2.05, 4.69) is 45.1 Å². The van der Waals surface area contributed by atoms with Crippen molar-refractivity contribution in [1.29, 1.82) is 0 Å². The van der Waals surface area contributed by atoms with E-state index >= 15 is 0 Å². The van der Waals surface area contributed by atoms with Gasteiger partial charge in [0.05, 0.1) is 6.61 Å². The van der Waals surface area contributed by atoms with Crippen molar-refractivity contribution in [2.45, 2.75) is 46.5 Å². The van der Waals surface area contributed by atoms with Crippen molar-refractivity contribution in [3.63, 3.8) is 0 Å². The van der Waals surface area contributed by atoms with E-state index in [9.17, 15) is 0 Å². The molecule has 0 heterocycles. The molecule has 0 atom stereocenters. The van der Waals surface area contributed by atoms with Crippen LogP contribution in [0.15, 0.2) is 24.3 Å². The SMILES string of the molecule is CC=CC(C=CC)COCCCCCC. The maximum absolute atomic E-state index is 5.64. The van der Waals surface area contributed by atoms with Gasteiger partial charge in [0.15, 0.2) is 0 Å². The zero-order valence-corrected chi connectivity index (χ0v) is 10.5. The van der Waals surface area contributed by atoms with Gasteiger partial charge in [-0.1, -0.05) is 50.5 Å². The van der Waals surface area contributed by atoms with Crippen LogP contribution in [0.5, 0.6) is 0 Å². The fourth-order valence-corrected chi connectivity index (χ4v) is 1.52. The van der Waals surface area contributed by atoms with Crippen molar-refractivity contribution in [1.82, 2.24) is 0 Å². The Morgan fingerprint density at radius 1 is 1.00 bits per heavy atom. The van der Waals surface area contributed by atoms with Crippen LogP contribution in [0.1, 0.15) is 46.5 Å². The largest absolute Gasteiger partial charge is 0.381 e. The minimum Gasteiger partial charge on any atom is -0.381 e. The molecule has 88 valence electrons. The van der Waals surface area contributed by atoms with E-state index in [1.54, 1.807) is 0 Å². The maximum Gasteiger partial charge on any atom is 0.0563 e. The fraction of sp³-hybridized carbons (Fsp3) is 0.714. The van der Waals surface area contributed by atoms with Gasteiger partial charge in [0.25, 0.3) is 0 Å². The zero-order chi connectivity index (χ0) is 11.4. The number of rotatable bonds is 9.